The lowest BCUT2D eigenvalue weighted by Crippen LogP contribution is -2.33. The first-order valence-corrected chi connectivity index (χ1v) is 8.05. The molecule has 0 bridgehead atoms. The lowest BCUT2D eigenvalue weighted by molar-refractivity contribution is -0.117. The lowest BCUT2D eigenvalue weighted by Gasteiger charge is -2.25. The minimum Gasteiger partial charge on any atom is -0.325 e. The zero-order valence-corrected chi connectivity index (χ0v) is 13.4. The number of amides is 1. The number of nitrogens with one attached hydrogen (secondary N) is 1. The van der Waals surface area contributed by atoms with E-state index in [2.05, 4.69) is 10.2 Å². The number of carbonyl (C=O) groups is 1. The Bertz CT molecular complexity index is 707. The van der Waals surface area contributed by atoms with Crippen LogP contribution in [0.2, 0.25) is 5.02 Å². The van der Waals surface area contributed by atoms with Crippen LogP contribution in [0.5, 0.6) is 0 Å². The number of carbonyl (C=O) groups excluding carboxylic acids is 1. The predicted octanol–water partition coefficient (Wildman–Crippen LogP) is 4.25. The highest BCUT2D eigenvalue weighted by atomic mass is 35.5. The van der Waals surface area contributed by atoms with E-state index in [0.717, 1.165) is 30.0 Å². The highest BCUT2D eigenvalue weighted by Crippen LogP contribution is 2.35. The molecule has 3 nitrogen and oxygen atoms in total. The van der Waals surface area contributed by atoms with Crippen LogP contribution in [0.25, 0.3) is 0 Å². The van der Waals surface area contributed by atoms with E-state index in [1.165, 1.54) is 12.1 Å². The van der Waals surface area contributed by atoms with Crippen LogP contribution in [0, 0.1) is 5.82 Å². The first-order valence-electron chi connectivity index (χ1n) is 7.67. The maximum Gasteiger partial charge on any atom is 0.238 e. The number of hydrogen-bond donors (Lipinski definition) is 1. The minimum atomic E-state index is -0.363. The van der Waals surface area contributed by atoms with Gasteiger partial charge in [0.15, 0.2) is 0 Å². The van der Waals surface area contributed by atoms with Crippen LogP contribution < -0.4 is 5.32 Å². The fourth-order valence-electron chi connectivity index (χ4n) is 3.06. The molecule has 3 rings (SSSR count). The number of rotatable bonds is 4. The molecule has 0 aliphatic carbocycles. The fraction of sp³-hybridized carbons (Fsp3) is 0.278. The van der Waals surface area contributed by atoms with Crippen LogP contribution in [-0.2, 0) is 4.79 Å². The number of benzene rings is 2. The number of hydrogen-bond acceptors (Lipinski definition) is 2. The van der Waals surface area contributed by atoms with E-state index < -0.39 is 0 Å². The molecule has 1 N–H and O–H groups in total. The summed E-state index contributed by atoms with van der Waals surface area (Å²) in [5.74, 6) is -0.507. The maximum absolute atomic E-state index is 13.2. The molecule has 120 valence electrons. The van der Waals surface area contributed by atoms with E-state index >= 15 is 0 Å². The van der Waals surface area contributed by atoms with Crippen LogP contribution in [0.4, 0.5) is 10.1 Å². The first-order chi connectivity index (χ1) is 11.1. The highest BCUT2D eigenvalue weighted by molar-refractivity contribution is 6.31. The SMILES string of the molecule is O=C(CN1CCCC1c1ccccc1Cl)Nc1cccc(F)c1. The van der Waals surface area contributed by atoms with Crippen molar-refractivity contribution in [1.82, 2.24) is 4.90 Å². The molecule has 0 radical (unpaired) electrons. The summed E-state index contributed by atoms with van der Waals surface area (Å²) >= 11 is 6.28. The Morgan fingerprint density at radius 3 is 2.87 bits per heavy atom. The van der Waals surface area contributed by atoms with E-state index in [0.29, 0.717) is 5.69 Å². The Hall–Kier alpha value is -1.91. The fourth-order valence-corrected chi connectivity index (χ4v) is 3.33. The summed E-state index contributed by atoms with van der Waals surface area (Å²) < 4.78 is 13.2. The van der Waals surface area contributed by atoms with E-state index in [-0.39, 0.29) is 24.3 Å². The molecule has 0 saturated carbocycles. The van der Waals surface area contributed by atoms with Gasteiger partial charge in [-0.25, -0.2) is 4.39 Å². The zero-order chi connectivity index (χ0) is 16.2. The molecule has 1 aliphatic rings. The summed E-state index contributed by atoms with van der Waals surface area (Å²) in [6.07, 6.45) is 2.01. The van der Waals surface area contributed by atoms with Gasteiger partial charge in [-0.3, -0.25) is 9.69 Å². The number of halogens is 2. The molecule has 1 heterocycles. The van der Waals surface area contributed by atoms with Gasteiger partial charge in [0.05, 0.1) is 6.54 Å². The summed E-state index contributed by atoms with van der Waals surface area (Å²) in [5, 5.41) is 3.47. The van der Waals surface area contributed by atoms with Crippen LogP contribution in [-0.4, -0.2) is 23.9 Å². The van der Waals surface area contributed by atoms with Crippen molar-refractivity contribution in [3.05, 3.63) is 64.9 Å². The number of nitrogens with zero attached hydrogens (tertiary/aromatic N) is 1. The maximum atomic E-state index is 13.2. The van der Waals surface area contributed by atoms with E-state index in [4.69, 9.17) is 11.6 Å². The van der Waals surface area contributed by atoms with Crippen LogP contribution >= 0.6 is 11.6 Å². The van der Waals surface area contributed by atoms with Crippen molar-refractivity contribution in [2.45, 2.75) is 18.9 Å². The van der Waals surface area contributed by atoms with Crippen LogP contribution in [0.3, 0.4) is 0 Å². The van der Waals surface area contributed by atoms with Gasteiger partial charge < -0.3 is 5.32 Å². The van der Waals surface area contributed by atoms with Crippen molar-refractivity contribution in [2.75, 3.05) is 18.4 Å². The van der Waals surface area contributed by atoms with E-state index in [9.17, 15) is 9.18 Å². The monoisotopic (exact) mass is 332 g/mol. The second-order valence-corrected chi connectivity index (χ2v) is 6.12. The largest absolute Gasteiger partial charge is 0.325 e. The minimum absolute atomic E-state index is 0.144. The highest BCUT2D eigenvalue weighted by Gasteiger charge is 2.28. The Kier molecular flexibility index (Phi) is 4.94. The third kappa shape index (κ3) is 3.89. The molecular formula is C18H18ClFN2O. The third-order valence-electron chi connectivity index (χ3n) is 4.08. The standard InChI is InChI=1S/C18H18ClFN2O/c19-16-8-2-1-7-15(16)17-9-4-10-22(17)12-18(23)21-14-6-3-5-13(20)11-14/h1-3,5-8,11,17H,4,9-10,12H2,(H,21,23). The van der Waals surface area contributed by atoms with Gasteiger partial charge >= 0.3 is 0 Å². The van der Waals surface area contributed by atoms with Crippen LogP contribution in [0.1, 0.15) is 24.4 Å². The first kappa shape index (κ1) is 16.0. The number of likely N-dealkylation sites (tertiary alicyclic amines) is 1. The molecule has 0 aromatic heterocycles. The van der Waals surface area contributed by atoms with Crippen molar-refractivity contribution in [2.24, 2.45) is 0 Å². The van der Waals surface area contributed by atoms with Crippen molar-refractivity contribution in [3.8, 4) is 0 Å². The zero-order valence-electron chi connectivity index (χ0n) is 12.6. The van der Waals surface area contributed by atoms with Crippen molar-refractivity contribution in [3.63, 3.8) is 0 Å². The summed E-state index contributed by atoms with van der Waals surface area (Å²) in [6.45, 7) is 1.12. The van der Waals surface area contributed by atoms with Crippen molar-refractivity contribution in [1.29, 1.82) is 0 Å². The summed E-state index contributed by atoms with van der Waals surface area (Å²) in [4.78, 5) is 14.4. The molecule has 5 heteroatoms. The quantitative estimate of drug-likeness (QED) is 0.907. The lowest BCUT2D eigenvalue weighted by atomic mass is 10.0. The topological polar surface area (TPSA) is 32.3 Å². The Morgan fingerprint density at radius 2 is 2.09 bits per heavy atom. The van der Waals surface area contributed by atoms with Crippen molar-refractivity contribution < 1.29 is 9.18 Å². The molecule has 2 aromatic rings. The second-order valence-electron chi connectivity index (χ2n) is 5.71. The normalized spacial score (nSPS) is 18.1. The van der Waals surface area contributed by atoms with Gasteiger partial charge in [-0.15, -0.1) is 0 Å². The average molecular weight is 333 g/mol. The molecule has 1 atom stereocenters. The smallest absolute Gasteiger partial charge is 0.238 e. The van der Waals surface area contributed by atoms with Crippen LogP contribution in [0.15, 0.2) is 48.5 Å². The van der Waals surface area contributed by atoms with Gasteiger partial charge in [0.25, 0.3) is 0 Å². The molecule has 1 amide bonds. The van der Waals surface area contributed by atoms with Gasteiger partial charge in [-0.1, -0.05) is 35.9 Å². The van der Waals surface area contributed by atoms with E-state index in [1.54, 1.807) is 12.1 Å². The van der Waals surface area contributed by atoms with Gasteiger partial charge in [-0.2, -0.15) is 0 Å². The van der Waals surface area contributed by atoms with Crippen molar-refractivity contribution >= 4 is 23.2 Å². The third-order valence-corrected chi connectivity index (χ3v) is 4.43. The molecule has 2 aromatic carbocycles. The van der Waals surface area contributed by atoms with E-state index in [1.807, 2.05) is 24.3 Å². The van der Waals surface area contributed by atoms with Gasteiger partial charge in [-0.05, 0) is 49.2 Å². The molecule has 0 spiro atoms. The summed E-state index contributed by atoms with van der Waals surface area (Å²) in [5.41, 5.74) is 1.54. The second kappa shape index (κ2) is 7.11. The predicted molar refractivity (Wildman–Crippen MR) is 90.0 cm³/mol. The molecular weight excluding hydrogens is 315 g/mol. The Labute approximate surface area is 140 Å². The Morgan fingerprint density at radius 1 is 1.26 bits per heavy atom. The Balaban J connectivity index is 1.67. The molecule has 1 saturated heterocycles. The molecule has 23 heavy (non-hydrogen) atoms. The number of anilines is 1. The van der Waals surface area contributed by atoms with Gasteiger partial charge in [0.1, 0.15) is 5.82 Å². The molecule has 1 unspecified atom stereocenters. The molecule has 1 aliphatic heterocycles. The van der Waals surface area contributed by atoms with Gasteiger partial charge in [0.2, 0.25) is 5.91 Å². The average Bonchev–Trinajstić information content (AvgIpc) is 2.95. The van der Waals surface area contributed by atoms with Gasteiger partial charge in [0, 0.05) is 16.8 Å². The summed E-state index contributed by atoms with van der Waals surface area (Å²) in [7, 11) is 0. The summed E-state index contributed by atoms with van der Waals surface area (Å²) in [6, 6.07) is 13.8. The molecule has 1 fully saturated rings.